The van der Waals surface area contributed by atoms with Crippen LogP contribution in [0.15, 0.2) is 0 Å². The molecule has 4 N–H and O–H groups in total. The molecule has 5 heteroatoms. The Morgan fingerprint density at radius 1 is 1.38 bits per heavy atom. The van der Waals surface area contributed by atoms with Crippen LogP contribution >= 0.6 is 0 Å². The molecule has 124 valence electrons. The van der Waals surface area contributed by atoms with Crippen molar-refractivity contribution < 1.29 is 14.6 Å². The molecule has 0 aromatic rings. The maximum atomic E-state index is 12.1. The predicted molar refractivity (Wildman–Crippen MR) is 84.0 cm³/mol. The topological polar surface area (TPSA) is 84.6 Å². The van der Waals surface area contributed by atoms with E-state index in [-0.39, 0.29) is 29.6 Å². The highest BCUT2D eigenvalue weighted by molar-refractivity contribution is 5.68. The molecule has 1 saturated carbocycles. The Bertz CT molecular complexity index is 342. The third-order valence-electron chi connectivity index (χ3n) is 4.36. The van der Waals surface area contributed by atoms with Gasteiger partial charge in [-0.2, -0.15) is 0 Å². The summed E-state index contributed by atoms with van der Waals surface area (Å²) < 4.78 is 5.38. The molecule has 1 fully saturated rings. The third-order valence-corrected chi connectivity index (χ3v) is 4.36. The van der Waals surface area contributed by atoms with E-state index < -0.39 is 5.60 Å². The number of hydrogen-bond acceptors (Lipinski definition) is 4. The van der Waals surface area contributed by atoms with Gasteiger partial charge in [0.15, 0.2) is 0 Å². The summed E-state index contributed by atoms with van der Waals surface area (Å²) in [6.07, 6.45) is 2.54. The lowest BCUT2D eigenvalue weighted by Gasteiger charge is -2.46. The zero-order chi connectivity index (χ0) is 16.3. The number of rotatable bonds is 4. The van der Waals surface area contributed by atoms with Gasteiger partial charge in [-0.25, -0.2) is 4.79 Å². The van der Waals surface area contributed by atoms with Crippen LogP contribution in [0, 0.1) is 11.3 Å². The highest BCUT2D eigenvalue weighted by atomic mass is 16.6. The molecule has 1 aliphatic carbocycles. The molecule has 1 rings (SSSR count). The predicted octanol–water partition coefficient (Wildman–Crippen LogP) is 2.42. The van der Waals surface area contributed by atoms with Gasteiger partial charge >= 0.3 is 6.09 Å². The van der Waals surface area contributed by atoms with Crippen LogP contribution in [-0.2, 0) is 4.74 Å². The van der Waals surface area contributed by atoms with Crippen LogP contribution in [0.25, 0.3) is 0 Å². The van der Waals surface area contributed by atoms with E-state index in [0.29, 0.717) is 6.54 Å². The van der Waals surface area contributed by atoms with Crippen molar-refractivity contribution in [2.75, 3.05) is 6.54 Å². The largest absolute Gasteiger partial charge is 0.444 e. The van der Waals surface area contributed by atoms with Gasteiger partial charge in [-0.15, -0.1) is 0 Å². The zero-order valence-electron chi connectivity index (χ0n) is 14.1. The number of hydrogen-bond donors (Lipinski definition) is 3. The lowest BCUT2D eigenvalue weighted by Crippen LogP contribution is -2.56. The van der Waals surface area contributed by atoms with Crippen molar-refractivity contribution in [3.63, 3.8) is 0 Å². The molecule has 21 heavy (non-hydrogen) atoms. The summed E-state index contributed by atoms with van der Waals surface area (Å²) in [5.41, 5.74) is 5.39. The molecule has 0 spiro atoms. The average molecular weight is 300 g/mol. The SMILES string of the molecule is CC(C)C(NC(=O)OC(C)(C)C)C1(CN)CCC(O)CC1. The minimum Gasteiger partial charge on any atom is -0.444 e. The Morgan fingerprint density at radius 3 is 2.29 bits per heavy atom. The van der Waals surface area contributed by atoms with Gasteiger partial charge in [-0.1, -0.05) is 13.8 Å². The minimum atomic E-state index is -0.510. The van der Waals surface area contributed by atoms with Gasteiger partial charge in [0.05, 0.1) is 6.10 Å². The van der Waals surface area contributed by atoms with Crippen molar-refractivity contribution in [2.45, 2.75) is 78.0 Å². The first-order valence-electron chi connectivity index (χ1n) is 7.97. The molecule has 1 aliphatic rings. The molecule has 0 aromatic carbocycles. The monoisotopic (exact) mass is 300 g/mol. The van der Waals surface area contributed by atoms with E-state index in [1.807, 2.05) is 20.8 Å². The van der Waals surface area contributed by atoms with Crippen molar-refractivity contribution in [2.24, 2.45) is 17.1 Å². The van der Waals surface area contributed by atoms with Crippen molar-refractivity contribution in [1.29, 1.82) is 0 Å². The second-order valence-corrected chi connectivity index (χ2v) is 7.67. The van der Waals surface area contributed by atoms with Gasteiger partial charge in [-0.3, -0.25) is 0 Å². The first kappa shape index (κ1) is 18.2. The second kappa shape index (κ2) is 6.97. The van der Waals surface area contributed by atoms with Crippen LogP contribution in [0.2, 0.25) is 0 Å². The molecular formula is C16H32N2O3. The summed E-state index contributed by atoms with van der Waals surface area (Å²) in [5, 5.41) is 12.8. The highest BCUT2D eigenvalue weighted by Crippen LogP contribution is 2.41. The number of aliphatic hydroxyl groups is 1. The molecule has 1 unspecified atom stereocenters. The standard InChI is InChI=1S/C16H32N2O3/c1-11(2)13(18-14(20)21-15(3,4)5)16(10-17)8-6-12(19)7-9-16/h11-13,19H,6-10,17H2,1-5H3,(H,18,20). The van der Waals surface area contributed by atoms with Crippen LogP contribution in [0.1, 0.15) is 60.3 Å². The Kier molecular flexibility index (Phi) is 6.05. The number of alkyl carbamates (subject to hydrolysis) is 1. The lowest BCUT2D eigenvalue weighted by molar-refractivity contribution is 0.0159. The van der Waals surface area contributed by atoms with Gasteiger partial charge in [0.1, 0.15) is 5.60 Å². The van der Waals surface area contributed by atoms with Crippen LogP contribution < -0.4 is 11.1 Å². The third kappa shape index (κ3) is 5.15. The van der Waals surface area contributed by atoms with Gasteiger partial charge in [0, 0.05) is 11.5 Å². The first-order chi connectivity index (χ1) is 9.59. The summed E-state index contributed by atoms with van der Waals surface area (Å²) >= 11 is 0. The zero-order valence-corrected chi connectivity index (χ0v) is 14.1. The number of carbonyl (C=O) groups is 1. The molecule has 0 heterocycles. The maximum Gasteiger partial charge on any atom is 0.407 e. The fourth-order valence-electron chi connectivity index (χ4n) is 3.28. The van der Waals surface area contributed by atoms with Crippen LogP contribution in [0.3, 0.4) is 0 Å². The molecule has 0 saturated heterocycles. The molecule has 0 radical (unpaired) electrons. The number of carbonyl (C=O) groups excluding carboxylic acids is 1. The number of aliphatic hydroxyl groups excluding tert-OH is 1. The first-order valence-corrected chi connectivity index (χ1v) is 7.97. The summed E-state index contributed by atoms with van der Waals surface area (Å²) in [6, 6.07) is -0.0372. The van der Waals surface area contributed by atoms with Crippen molar-refractivity contribution in [3.8, 4) is 0 Å². The molecule has 0 bridgehead atoms. The van der Waals surface area contributed by atoms with Crippen LogP contribution in [-0.4, -0.2) is 35.5 Å². The fraction of sp³-hybridized carbons (Fsp3) is 0.938. The highest BCUT2D eigenvalue weighted by Gasteiger charge is 2.43. The Morgan fingerprint density at radius 2 is 1.90 bits per heavy atom. The smallest absolute Gasteiger partial charge is 0.407 e. The van der Waals surface area contributed by atoms with E-state index in [9.17, 15) is 9.90 Å². The Labute approximate surface area is 128 Å². The molecule has 1 atom stereocenters. The summed E-state index contributed by atoms with van der Waals surface area (Å²) in [5.74, 6) is 0.260. The van der Waals surface area contributed by atoms with Crippen molar-refractivity contribution >= 4 is 6.09 Å². The molecule has 5 nitrogen and oxygen atoms in total. The van der Waals surface area contributed by atoms with Gasteiger partial charge < -0.3 is 20.9 Å². The average Bonchev–Trinajstić information content (AvgIpc) is 2.35. The van der Waals surface area contributed by atoms with E-state index in [4.69, 9.17) is 10.5 Å². The molecule has 0 aliphatic heterocycles. The van der Waals surface area contributed by atoms with E-state index in [2.05, 4.69) is 19.2 Å². The van der Waals surface area contributed by atoms with E-state index in [1.54, 1.807) is 0 Å². The van der Waals surface area contributed by atoms with Gasteiger partial charge in [0.25, 0.3) is 0 Å². The molecule has 1 amide bonds. The normalized spacial score (nSPS) is 28.3. The van der Waals surface area contributed by atoms with Crippen LogP contribution in [0.4, 0.5) is 4.79 Å². The number of nitrogens with one attached hydrogen (secondary N) is 1. The summed E-state index contributed by atoms with van der Waals surface area (Å²) in [7, 11) is 0. The summed E-state index contributed by atoms with van der Waals surface area (Å²) in [4.78, 5) is 12.1. The Hall–Kier alpha value is -0.810. The Balaban J connectivity index is 2.82. The maximum absolute atomic E-state index is 12.1. The van der Waals surface area contributed by atoms with E-state index in [1.165, 1.54) is 0 Å². The number of amides is 1. The number of nitrogens with two attached hydrogens (primary N) is 1. The fourth-order valence-corrected chi connectivity index (χ4v) is 3.28. The van der Waals surface area contributed by atoms with Crippen LogP contribution in [0.5, 0.6) is 0 Å². The number of ether oxygens (including phenoxy) is 1. The quantitative estimate of drug-likeness (QED) is 0.744. The van der Waals surface area contributed by atoms with Crippen molar-refractivity contribution in [1.82, 2.24) is 5.32 Å². The van der Waals surface area contributed by atoms with Gasteiger partial charge in [0.2, 0.25) is 0 Å². The minimum absolute atomic E-state index is 0.0372. The lowest BCUT2D eigenvalue weighted by atomic mass is 9.65. The second-order valence-electron chi connectivity index (χ2n) is 7.67. The van der Waals surface area contributed by atoms with E-state index in [0.717, 1.165) is 25.7 Å². The van der Waals surface area contributed by atoms with E-state index >= 15 is 0 Å². The van der Waals surface area contributed by atoms with Crippen molar-refractivity contribution in [3.05, 3.63) is 0 Å². The summed E-state index contributed by atoms with van der Waals surface area (Å²) in [6.45, 7) is 10.2. The molecular weight excluding hydrogens is 268 g/mol. The molecule has 0 aromatic heterocycles. The van der Waals surface area contributed by atoms with Gasteiger partial charge in [-0.05, 0) is 58.9 Å².